The summed E-state index contributed by atoms with van der Waals surface area (Å²) < 4.78 is 39.3. The summed E-state index contributed by atoms with van der Waals surface area (Å²) in [6.07, 6.45) is 2.76. The second-order valence-corrected chi connectivity index (χ2v) is 10.7. The van der Waals surface area contributed by atoms with Crippen LogP contribution in [0.15, 0.2) is 83.8 Å². The lowest BCUT2D eigenvalue weighted by atomic mass is 9.90. The number of rotatable bonds is 9. The van der Waals surface area contributed by atoms with Crippen LogP contribution in [0.5, 0.6) is 11.5 Å². The first-order valence-electron chi connectivity index (χ1n) is 12.0. The Morgan fingerprint density at radius 3 is 2.17 bits per heavy atom. The molecule has 0 aliphatic carbocycles. The summed E-state index contributed by atoms with van der Waals surface area (Å²) >= 11 is 0. The molecule has 8 heteroatoms. The van der Waals surface area contributed by atoms with E-state index in [1.54, 1.807) is 41.3 Å². The number of carbonyl (C=O) groups is 1. The topological polar surface area (TPSA) is 76.2 Å². The molecule has 7 nitrogen and oxygen atoms in total. The van der Waals surface area contributed by atoms with Gasteiger partial charge in [0.25, 0.3) is 10.0 Å². The number of piperidine rings is 1. The van der Waals surface area contributed by atoms with Crippen LogP contribution in [0.3, 0.4) is 0 Å². The Morgan fingerprint density at radius 1 is 0.917 bits per heavy atom. The number of anilines is 1. The van der Waals surface area contributed by atoms with E-state index in [9.17, 15) is 13.2 Å². The van der Waals surface area contributed by atoms with E-state index in [0.29, 0.717) is 30.5 Å². The van der Waals surface area contributed by atoms with Crippen LogP contribution in [0, 0.1) is 5.92 Å². The highest BCUT2D eigenvalue weighted by molar-refractivity contribution is 7.92. The van der Waals surface area contributed by atoms with E-state index < -0.39 is 10.0 Å². The summed E-state index contributed by atoms with van der Waals surface area (Å²) in [6.45, 7) is 0.897. The van der Waals surface area contributed by atoms with Gasteiger partial charge < -0.3 is 14.4 Å². The van der Waals surface area contributed by atoms with Crippen molar-refractivity contribution in [1.29, 1.82) is 0 Å². The molecule has 0 unspecified atom stereocenters. The largest absolute Gasteiger partial charge is 0.497 e. The number of hydrogen-bond donors (Lipinski definition) is 0. The van der Waals surface area contributed by atoms with Crippen LogP contribution in [0.2, 0.25) is 0 Å². The third kappa shape index (κ3) is 5.82. The smallest absolute Gasteiger partial charge is 0.264 e. The van der Waals surface area contributed by atoms with E-state index in [4.69, 9.17) is 9.47 Å². The van der Waals surface area contributed by atoms with Crippen LogP contribution in [0.4, 0.5) is 5.69 Å². The standard InChI is InChI=1S/C28H32N2O5S/c1-34-24-13-14-26(27(20-24)35-2)30(36(32,33)25-11-7-4-8-12-25)21-28(31)29-17-15-23(16-18-29)19-22-9-5-3-6-10-22/h3-14,20,23H,15-19,21H2,1-2H3. The van der Waals surface area contributed by atoms with Crippen LogP contribution < -0.4 is 13.8 Å². The fraction of sp³-hybridized carbons (Fsp3) is 0.321. The van der Waals surface area contributed by atoms with Crippen molar-refractivity contribution in [1.82, 2.24) is 4.90 Å². The quantitative estimate of drug-likeness (QED) is 0.429. The molecule has 1 saturated heterocycles. The predicted molar refractivity (Wildman–Crippen MR) is 140 cm³/mol. The zero-order chi connectivity index (χ0) is 25.5. The van der Waals surface area contributed by atoms with Crippen molar-refractivity contribution in [2.45, 2.75) is 24.2 Å². The summed E-state index contributed by atoms with van der Waals surface area (Å²) in [5.41, 5.74) is 1.59. The molecule has 3 aromatic carbocycles. The molecule has 36 heavy (non-hydrogen) atoms. The fourth-order valence-corrected chi connectivity index (χ4v) is 6.01. The minimum atomic E-state index is -4.03. The molecule has 0 N–H and O–H groups in total. The van der Waals surface area contributed by atoms with Gasteiger partial charge in [-0.05, 0) is 55.0 Å². The maximum absolute atomic E-state index is 13.7. The molecule has 0 bridgehead atoms. The molecule has 0 aromatic heterocycles. The van der Waals surface area contributed by atoms with Crippen LogP contribution in [0.25, 0.3) is 0 Å². The van der Waals surface area contributed by atoms with Crippen LogP contribution in [0.1, 0.15) is 18.4 Å². The van der Waals surface area contributed by atoms with Gasteiger partial charge in [0.05, 0.1) is 24.8 Å². The molecule has 1 aliphatic rings. The minimum absolute atomic E-state index is 0.109. The number of benzene rings is 3. The van der Waals surface area contributed by atoms with Crippen molar-refractivity contribution in [3.05, 3.63) is 84.4 Å². The van der Waals surface area contributed by atoms with Crippen LogP contribution in [-0.2, 0) is 21.2 Å². The van der Waals surface area contributed by atoms with Gasteiger partial charge in [0.15, 0.2) is 0 Å². The van der Waals surface area contributed by atoms with Gasteiger partial charge in [0, 0.05) is 19.2 Å². The van der Waals surface area contributed by atoms with Gasteiger partial charge in [0.2, 0.25) is 5.91 Å². The Kier molecular flexibility index (Phi) is 8.15. The molecular weight excluding hydrogens is 476 g/mol. The molecule has 1 amide bonds. The van der Waals surface area contributed by atoms with E-state index >= 15 is 0 Å². The highest BCUT2D eigenvalue weighted by atomic mass is 32.2. The zero-order valence-corrected chi connectivity index (χ0v) is 21.5. The summed E-state index contributed by atoms with van der Waals surface area (Å²) in [5.74, 6) is 1.11. The van der Waals surface area contributed by atoms with Gasteiger partial charge in [-0.15, -0.1) is 0 Å². The average molecular weight is 509 g/mol. The molecule has 1 heterocycles. The Morgan fingerprint density at radius 2 is 1.56 bits per heavy atom. The lowest BCUT2D eigenvalue weighted by Gasteiger charge is -2.34. The second kappa shape index (κ2) is 11.5. The van der Waals surface area contributed by atoms with Gasteiger partial charge in [-0.1, -0.05) is 48.5 Å². The monoisotopic (exact) mass is 508 g/mol. The highest BCUT2D eigenvalue weighted by Gasteiger charge is 2.32. The molecule has 190 valence electrons. The van der Waals surface area contributed by atoms with Crippen molar-refractivity contribution >= 4 is 21.6 Å². The van der Waals surface area contributed by atoms with Crippen molar-refractivity contribution in [2.24, 2.45) is 5.92 Å². The predicted octanol–water partition coefficient (Wildman–Crippen LogP) is 4.38. The summed E-state index contributed by atoms with van der Waals surface area (Å²) in [7, 11) is -1.04. The van der Waals surface area contributed by atoms with Crippen molar-refractivity contribution < 1.29 is 22.7 Å². The molecular formula is C28H32N2O5S. The first-order chi connectivity index (χ1) is 17.4. The van der Waals surface area contributed by atoms with E-state index in [1.165, 1.54) is 31.9 Å². The lowest BCUT2D eigenvalue weighted by Crippen LogP contribution is -2.46. The number of amides is 1. The van der Waals surface area contributed by atoms with E-state index in [-0.39, 0.29) is 23.0 Å². The number of sulfonamides is 1. The molecule has 3 aromatic rings. The number of methoxy groups -OCH3 is 2. The highest BCUT2D eigenvalue weighted by Crippen LogP contribution is 2.35. The number of likely N-dealkylation sites (tertiary alicyclic amines) is 1. The number of nitrogens with zero attached hydrogens (tertiary/aromatic N) is 2. The number of hydrogen-bond acceptors (Lipinski definition) is 5. The average Bonchev–Trinajstić information content (AvgIpc) is 2.92. The normalized spacial score (nSPS) is 14.3. The summed E-state index contributed by atoms with van der Waals surface area (Å²) in [6, 6.07) is 23.4. The molecule has 0 radical (unpaired) electrons. The molecule has 0 atom stereocenters. The minimum Gasteiger partial charge on any atom is -0.497 e. The lowest BCUT2D eigenvalue weighted by molar-refractivity contribution is -0.130. The van der Waals surface area contributed by atoms with E-state index in [0.717, 1.165) is 23.6 Å². The Balaban J connectivity index is 1.55. The molecule has 0 saturated carbocycles. The Bertz CT molecular complexity index is 1260. The van der Waals surface area contributed by atoms with E-state index in [2.05, 4.69) is 12.1 Å². The van der Waals surface area contributed by atoms with Gasteiger partial charge in [-0.25, -0.2) is 8.42 Å². The molecule has 0 spiro atoms. The van der Waals surface area contributed by atoms with Gasteiger partial charge in [-0.2, -0.15) is 0 Å². The second-order valence-electron chi connectivity index (χ2n) is 8.88. The summed E-state index contributed by atoms with van der Waals surface area (Å²) in [5, 5.41) is 0. The molecule has 4 rings (SSSR count). The van der Waals surface area contributed by atoms with Crippen LogP contribution >= 0.6 is 0 Å². The SMILES string of the molecule is COc1ccc(N(CC(=O)N2CCC(Cc3ccccc3)CC2)S(=O)(=O)c2ccccc2)c(OC)c1. The van der Waals surface area contributed by atoms with Gasteiger partial charge in [-0.3, -0.25) is 9.10 Å². The third-order valence-electron chi connectivity index (χ3n) is 6.60. The molecule has 1 aliphatic heterocycles. The Hall–Kier alpha value is -3.52. The first-order valence-corrected chi connectivity index (χ1v) is 13.5. The maximum atomic E-state index is 13.7. The molecule has 1 fully saturated rings. The number of carbonyl (C=O) groups excluding carboxylic acids is 1. The van der Waals surface area contributed by atoms with Gasteiger partial charge in [0.1, 0.15) is 18.0 Å². The summed E-state index contributed by atoms with van der Waals surface area (Å²) in [4.78, 5) is 15.3. The zero-order valence-electron chi connectivity index (χ0n) is 20.7. The number of ether oxygens (including phenoxy) is 2. The van der Waals surface area contributed by atoms with E-state index in [1.807, 2.05) is 18.2 Å². The maximum Gasteiger partial charge on any atom is 0.264 e. The Labute approximate surface area is 213 Å². The fourth-order valence-electron chi connectivity index (χ4n) is 4.57. The third-order valence-corrected chi connectivity index (χ3v) is 8.37. The first kappa shape index (κ1) is 25.6. The van der Waals surface area contributed by atoms with Crippen molar-refractivity contribution in [3.8, 4) is 11.5 Å². The van der Waals surface area contributed by atoms with Crippen molar-refractivity contribution in [2.75, 3.05) is 38.2 Å². The van der Waals surface area contributed by atoms with Crippen molar-refractivity contribution in [3.63, 3.8) is 0 Å². The van der Waals surface area contributed by atoms with Gasteiger partial charge >= 0.3 is 0 Å². The van der Waals surface area contributed by atoms with Crippen LogP contribution in [-0.4, -0.2) is 53.1 Å².